The Morgan fingerprint density at radius 3 is 2.38 bits per heavy atom. The number of thiocarbonyl (C=S) groups is 1. The fraction of sp³-hybridized carbons (Fsp3) is 0.0625. The Labute approximate surface area is 159 Å². The average molecular weight is 398 g/mol. The summed E-state index contributed by atoms with van der Waals surface area (Å²) in [6.07, 6.45) is 0.216. The zero-order chi connectivity index (χ0) is 17.7. The average Bonchev–Trinajstić information content (AvgIpc) is 2.55. The second-order valence-electron chi connectivity index (χ2n) is 4.72. The molecule has 122 valence electrons. The normalized spacial score (nSPS) is 11.0. The van der Waals surface area contributed by atoms with Crippen molar-refractivity contribution in [2.24, 2.45) is 10.7 Å². The molecule has 3 N–H and O–H groups in total. The molecule has 0 aliphatic rings. The predicted octanol–water partition coefficient (Wildman–Crippen LogP) is 4.82. The third kappa shape index (κ3) is 4.83. The van der Waals surface area contributed by atoms with E-state index in [-0.39, 0.29) is 17.4 Å². The maximum absolute atomic E-state index is 8.77. The minimum Gasteiger partial charge on any atom is -0.387 e. The molecule has 0 aromatic heterocycles. The number of hydrogen-bond donors (Lipinski definition) is 2. The zero-order valence-electron chi connectivity index (χ0n) is 12.2. The van der Waals surface area contributed by atoms with Crippen LogP contribution in [0, 0.1) is 11.3 Å². The summed E-state index contributed by atoms with van der Waals surface area (Å²) in [5.74, 6) is 0.243. The third-order valence-corrected chi connectivity index (χ3v) is 4.40. The Morgan fingerprint density at radius 1 is 1.12 bits per heavy atom. The number of anilines is 1. The van der Waals surface area contributed by atoms with E-state index in [0.29, 0.717) is 31.9 Å². The largest absolute Gasteiger partial charge is 0.387 e. The highest BCUT2D eigenvalue weighted by Gasteiger charge is 2.11. The van der Waals surface area contributed by atoms with Gasteiger partial charge in [0.15, 0.2) is 5.11 Å². The highest BCUT2D eigenvalue weighted by molar-refractivity contribution is 7.80. The molecule has 24 heavy (non-hydrogen) atoms. The van der Waals surface area contributed by atoms with Crippen molar-refractivity contribution in [1.29, 1.82) is 5.26 Å². The Kier molecular flexibility index (Phi) is 6.41. The van der Waals surface area contributed by atoms with Crippen LogP contribution in [-0.4, -0.2) is 10.9 Å². The van der Waals surface area contributed by atoms with Crippen LogP contribution in [-0.2, 0) is 6.42 Å². The SMILES string of the molecule is N#Cc1ccc(NC(=S)N=C(N)Cc2c(Cl)ccc(Cl)c2Cl)cc1. The number of nitriles is 1. The number of benzene rings is 2. The fourth-order valence-corrected chi connectivity index (χ4v) is 2.78. The fourth-order valence-electron chi connectivity index (χ4n) is 1.86. The molecule has 0 saturated carbocycles. The summed E-state index contributed by atoms with van der Waals surface area (Å²) in [4.78, 5) is 4.11. The molecule has 0 unspecified atom stereocenters. The molecule has 0 atom stereocenters. The van der Waals surface area contributed by atoms with Crippen LogP contribution >= 0.6 is 47.0 Å². The van der Waals surface area contributed by atoms with Gasteiger partial charge >= 0.3 is 0 Å². The van der Waals surface area contributed by atoms with Crippen molar-refractivity contribution in [2.75, 3.05) is 5.32 Å². The lowest BCUT2D eigenvalue weighted by molar-refractivity contribution is 1.28. The lowest BCUT2D eigenvalue weighted by Gasteiger charge is -2.09. The van der Waals surface area contributed by atoms with Crippen LogP contribution < -0.4 is 11.1 Å². The monoisotopic (exact) mass is 396 g/mol. The van der Waals surface area contributed by atoms with Crippen LogP contribution in [0.4, 0.5) is 5.69 Å². The van der Waals surface area contributed by atoms with Crippen molar-refractivity contribution >= 4 is 63.7 Å². The molecule has 0 spiro atoms. The highest BCUT2D eigenvalue weighted by atomic mass is 35.5. The lowest BCUT2D eigenvalue weighted by atomic mass is 10.1. The minimum atomic E-state index is 0.187. The molecule has 8 heteroatoms. The molecule has 0 amide bonds. The second-order valence-corrected chi connectivity index (χ2v) is 6.30. The van der Waals surface area contributed by atoms with Gasteiger partial charge in [-0.15, -0.1) is 0 Å². The first-order chi connectivity index (χ1) is 11.4. The maximum Gasteiger partial charge on any atom is 0.198 e. The van der Waals surface area contributed by atoms with Crippen molar-refractivity contribution in [3.8, 4) is 6.07 Å². The van der Waals surface area contributed by atoms with Gasteiger partial charge in [-0.2, -0.15) is 5.26 Å². The maximum atomic E-state index is 8.77. The van der Waals surface area contributed by atoms with Gasteiger partial charge in [-0.25, -0.2) is 4.99 Å². The van der Waals surface area contributed by atoms with E-state index in [1.54, 1.807) is 36.4 Å². The molecule has 0 heterocycles. The summed E-state index contributed by atoms with van der Waals surface area (Å²) in [6, 6.07) is 12.1. The van der Waals surface area contributed by atoms with Crippen molar-refractivity contribution in [3.05, 3.63) is 62.6 Å². The van der Waals surface area contributed by atoms with E-state index in [4.69, 9.17) is 58.0 Å². The van der Waals surface area contributed by atoms with Crippen LogP contribution in [0.2, 0.25) is 15.1 Å². The number of hydrogen-bond acceptors (Lipinski definition) is 2. The molecule has 0 fully saturated rings. The predicted molar refractivity (Wildman–Crippen MR) is 104 cm³/mol. The van der Waals surface area contributed by atoms with Crippen LogP contribution in [0.15, 0.2) is 41.4 Å². The van der Waals surface area contributed by atoms with Gasteiger partial charge in [0.25, 0.3) is 0 Å². The quantitative estimate of drug-likeness (QED) is 0.337. The van der Waals surface area contributed by atoms with Crippen molar-refractivity contribution in [3.63, 3.8) is 0 Å². The van der Waals surface area contributed by atoms with Crippen molar-refractivity contribution in [1.82, 2.24) is 0 Å². The van der Waals surface area contributed by atoms with Gasteiger partial charge in [0.05, 0.1) is 21.7 Å². The molecular weight excluding hydrogens is 387 g/mol. The number of nitrogens with two attached hydrogens (primary N) is 1. The van der Waals surface area contributed by atoms with E-state index in [2.05, 4.69) is 10.3 Å². The summed E-state index contributed by atoms with van der Waals surface area (Å²) in [5.41, 5.74) is 7.76. The van der Waals surface area contributed by atoms with Gasteiger partial charge in [-0.1, -0.05) is 34.8 Å². The second kappa shape index (κ2) is 8.32. The van der Waals surface area contributed by atoms with Crippen LogP contribution in [0.1, 0.15) is 11.1 Å². The van der Waals surface area contributed by atoms with Gasteiger partial charge in [0, 0.05) is 17.1 Å². The molecular formula is C16H11Cl3N4S. The van der Waals surface area contributed by atoms with Gasteiger partial charge in [-0.05, 0) is 54.2 Å². The van der Waals surface area contributed by atoms with Crippen LogP contribution in [0.5, 0.6) is 0 Å². The number of nitrogens with zero attached hydrogens (tertiary/aromatic N) is 2. The molecule has 2 aromatic carbocycles. The van der Waals surface area contributed by atoms with E-state index < -0.39 is 0 Å². The zero-order valence-corrected chi connectivity index (χ0v) is 15.3. The number of aliphatic imine (C=N–C) groups is 1. The molecule has 2 aromatic rings. The molecule has 2 rings (SSSR count). The molecule has 0 aliphatic carbocycles. The number of rotatable bonds is 3. The van der Waals surface area contributed by atoms with E-state index in [9.17, 15) is 0 Å². The minimum absolute atomic E-state index is 0.187. The summed E-state index contributed by atoms with van der Waals surface area (Å²) >= 11 is 23.4. The standard InChI is InChI=1S/C16H11Cl3N4S/c17-12-5-6-13(18)15(19)11(12)7-14(21)23-16(24)22-10-3-1-9(8-20)2-4-10/h1-6H,7H2,(H3,21,22,23,24). The number of nitrogens with one attached hydrogen (secondary N) is 1. The van der Waals surface area contributed by atoms with Gasteiger partial charge in [0.1, 0.15) is 5.84 Å². The molecule has 0 saturated heterocycles. The summed E-state index contributed by atoms with van der Waals surface area (Å²) in [6.45, 7) is 0. The molecule has 4 nitrogen and oxygen atoms in total. The van der Waals surface area contributed by atoms with E-state index in [1.807, 2.05) is 6.07 Å². The summed E-state index contributed by atoms with van der Waals surface area (Å²) in [7, 11) is 0. The van der Waals surface area contributed by atoms with E-state index in [1.165, 1.54) is 0 Å². The van der Waals surface area contributed by atoms with Crippen molar-refractivity contribution in [2.45, 2.75) is 6.42 Å². The lowest BCUT2D eigenvalue weighted by Crippen LogP contribution is -2.19. The molecule has 0 aliphatic heterocycles. The Hall–Kier alpha value is -1.84. The molecule has 0 radical (unpaired) electrons. The van der Waals surface area contributed by atoms with Crippen molar-refractivity contribution < 1.29 is 0 Å². The Morgan fingerprint density at radius 2 is 1.75 bits per heavy atom. The van der Waals surface area contributed by atoms with Crippen LogP contribution in [0.3, 0.4) is 0 Å². The van der Waals surface area contributed by atoms with Gasteiger partial charge in [-0.3, -0.25) is 0 Å². The topological polar surface area (TPSA) is 74.2 Å². The van der Waals surface area contributed by atoms with E-state index >= 15 is 0 Å². The third-order valence-electron chi connectivity index (χ3n) is 3.01. The first kappa shape index (κ1) is 18.5. The Balaban J connectivity index is 2.09. The van der Waals surface area contributed by atoms with Crippen LogP contribution in [0.25, 0.3) is 0 Å². The number of amidine groups is 1. The smallest absolute Gasteiger partial charge is 0.198 e. The summed E-state index contributed by atoms with van der Waals surface area (Å²) in [5, 5.41) is 13.1. The number of halogens is 3. The van der Waals surface area contributed by atoms with E-state index in [0.717, 1.165) is 0 Å². The van der Waals surface area contributed by atoms with Gasteiger partial charge < -0.3 is 11.1 Å². The first-order valence-electron chi connectivity index (χ1n) is 6.67. The van der Waals surface area contributed by atoms with Gasteiger partial charge in [0.2, 0.25) is 0 Å². The highest BCUT2D eigenvalue weighted by Crippen LogP contribution is 2.31. The first-order valence-corrected chi connectivity index (χ1v) is 8.21. The summed E-state index contributed by atoms with van der Waals surface area (Å²) < 4.78 is 0. The molecule has 0 bridgehead atoms. The Bertz CT molecular complexity index is 842.